The SMILES string of the molecule is C#CCNC(=O)COc1cccc(Cl)c1C#N. The van der Waals surface area contributed by atoms with Crippen molar-refractivity contribution in [2.24, 2.45) is 0 Å². The zero-order valence-corrected chi connectivity index (χ0v) is 9.62. The van der Waals surface area contributed by atoms with Crippen LogP contribution in [0.1, 0.15) is 5.56 Å². The minimum Gasteiger partial charge on any atom is -0.482 e. The Morgan fingerprint density at radius 3 is 3.00 bits per heavy atom. The van der Waals surface area contributed by atoms with Crippen molar-refractivity contribution >= 4 is 17.5 Å². The predicted molar refractivity (Wildman–Crippen MR) is 63.5 cm³/mol. The lowest BCUT2D eigenvalue weighted by Gasteiger charge is -2.07. The molecule has 1 amide bonds. The molecule has 0 saturated carbocycles. The van der Waals surface area contributed by atoms with Crippen molar-refractivity contribution in [3.8, 4) is 24.2 Å². The Kier molecular flexibility index (Phi) is 4.87. The van der Waals surface area contributed by atoms with Crippen LogP contribution in [0, 0.1) is 23.7 Å². The van der Waals surface area contributed by atoms with Crippen LogP contribution in [0.25, 0.3) is 0 Å². The molecule has 0 atom stereocenters. The average molecular weight is 249 g/mol. The molecule has 4 nitrogen and oxygen atoms in total. The molecule has 17 heavy (non-hydrogen) atoms. The number of nitrogens with one attached hydrogen (secondary N) is 1. The molecule has 0 heterocycles. The quantitative estimate of drug-likeness (QED) is 0.818. The van der Waals surface area contributed by atoms with E-state index in [2.05, 4.69) is 11.2 Å². The van der Waals surface area contributed by atoms with Gasteiger partial charge in [0.2, 0.25) is 0 Å². The van der Waals surface area contributed by atoms with Crippen LogP contribution in [0.4, 0.5) is 0 Å². The van der Waals surface area contributed by atoms with E-state index in [9.17, 15) is 4.79 Å². The van der Waals surface area contributed by atoms with E-state index >= 15 is 0 Å². The highest BCUT2D eigenvalue weighted by Gasteiger charge is 2.09. The minimum absolute atomic E-state index is 0.142. The molecule has 5 heteroatoms. The number of hydrogen-bond donors (Lipinski definition) is 1. The van der Waals surface area contributed by atoms with Gasteiger partial charge in [-0.3, -0.25) is 4.79 Å². The summed E-state index contributed by atoms with van der Waals surface area (Å²) in [6.45, 7) is -0.0699. The van der Waals surface area contributed by atoms with Gasteiger partial charge >= 0.3 is 0 Å². The summed E-state index contributed by atoms with van der Waals surface area (Å²) in [5.41, 5.74) is 0.207. The smallest absolute Gasteiger partial charge is 0.258 e. The maximum Gasteiger partial charge on any atom is 0.258 e. The van der Waals surface area contributed by atoms with Gasteiger partial charge in [0.15, 0.2) is 6.61 Å². The van der Waals surface area contributed by atoms with Crippen molar-refractivity contribution in [1.82, 2.24) is 5.32 Å². The van der Waals surface area contributed by atoms with E-state index in [0.717, 1.165) is 0 Å². The largest absolute Gasteiger partial charge is 0.482 e. The number of amides is 1. The van der Waals surface area contributed by atoms with Gasteiger partial charge in [0.05, 0.1) is 11.6 Å². The standard InChI is InChI=1S/C12H9ClN2O2/c1-2-6-15-12(16)8-17-11-5-3-4-10(13)9(11)7-14/h1,3-5H,6,8H2,(H,15,16). The number of rotatable bonds is 4. The van der Waals surface area contributed by atoms with E-state index in [-0.39, 0.29) is 35.4 Å². The second kappa shape index (κ2) is 6.42. The lowest BCUT2D eigenvalue weighted by molar-refractivity contribution is -0.122. The number of nitrogens with zero attached hydrogens (tertiary/aromatic N) is 1. The van der Waals surface area contributed by atoms with E-state index < -0.39 is 0 Å². The van der Waals surface area contributed by atoms with Crippen LogP contribution in [0.15, 0.2) is 18.2 Å². The van der Waals surface area contributed by atoms with Gasteiger partial charge < -0.3 is 10.1 Å². The summed E-state index contributed by atoms with van der Waals surface area (Å²) in [7, 11) is 0. The van der Waals surface area contributed by atoms with Crippen LogP contribution in [0.3, 0.4) is 0 Å². The molecule has 0 bridgehead atoms. The van der Waals surface area contributed by atoms with Gasteiger partial charge in [-0.05, 0) is 12.1 Å². The van der Waals surface area contributed by atoms with Crippen molar-refractivity contribution in [2.75, 3.05) is 13.2 Å². The molecule has 0 aromatic heterocycles. The second-order valence-electron chi connectivity index (χ2n) is 2.99. The molecule has 0 fully saturated rings. The topological polar surface area (TPSA) is 62.1 Å². The molecule has 1 rings (SSSR count). The van der Waals surface area contributed by atoms with Crippen molar-refractivity contribution < 1.29 is 9.53 Å². The first-order valence-corrected chi connectivity index (χ1v) is 5.08. The van der Waals surface area contributed by atoms with Gasteiger partial charge in [0.25, 0.3) is 5.91 Å². The number of carbonyl (C=O) groups is 1. The molecule has 0 aliphatic heterocycles. The van der Waals surface area contributed by atoms with Crippen LogP contribution in [0.5, 0.6) is 5.75 Å². The summed E-state index contributed by atoms with van der Waals surface area (Å²) in [5, 5.41) is 11.6. The molecule has 0 aliphatic rings. The molecule has 0 aliphatic carbocycles. The Labute approximate surface area is 104 Å². The minimum atomic E-state index is -0.355. The Balaban J connectivity index is 2.65. The highest BCUT2D eigenvalue weighted by molar-refractivity contribution is 6.31. The number of terminal acetylenes is 1. The lowest BCUT2D eigenvalue weighted by atomic mass is 10.2. The van der Waals surface area contributed by atoms with Crippen LogP contribution < -0.4 is 10.1 Å². The molecule has 0 radical (unpaired) electrons. The van der Waals surface area contributed by atoms with E-state index in [1.807, 2.05) is 6.07 Å². The average Bonchev–Trinajstić information content (AvgIpc) is 2.33. The Bertz CT molecular complexity index is 500. The van der Waals surface area contributed by atoms with Crippen molar-refractivity contribution in [3.05, 3.63) is 28.8 Å². The molecule has 1 N–H and O–H groups in total. The third-order valence-electron chi connectivity index (χ3n) is 1.83. The van der Waals surface area contributed by atoms with E-state index in [4.69, 9.17) is 28.0 Å². The zero-order chi connectivity index (χ0) is 12.7. The fraction of sp³-hybridized carbons (Fsp3) is 0.167. The fourth-order valence-electron chi connectivity index (χ4n) is 1.08. The molecular formula is C12H9ClN2O2. The summed E-state index contributed by atoms with van der Waals surface area (Å²) < 4.78 is 5.18. The third kappa shape index (κ3) is 3.71. The van der Waals surface area contributed by atoms with E-state index in [1.165, 1.54) is 0 Å². The van der Waals surface area contributed by atoms with Gasteiger partial charge in [0.1, 0.15) is 17.4 Å². The van der Waals surface area contributed by atoms with Crippen molar-refractivity contribution in [1.29, 1.82) is 5.26 Å². The predicted octanol–water partition coefficient (Wildman–Crippen LogP) is 1.34. The Morgan fingerprint density at radius 2 is 2.35 bits per heavy atom. The van der Waals surface area contributed by atoms with Crippen molar-refractivity contribution in [2.45, 2.75) is 0 Å². The summed E-state index contributed by atoms with van der Waals surface area (Å²) >= 11 is 5.80. The maximum absolute atomic E-state index is 11.2. The number of nitriles is 1. The number of hydrogen-bond acceptors (Lipinski definition) is 3. The molecule has 0 saturated heterocycles. The van der Waals surface area contributed by atoms with Crippen LogP contribution in [-0.2, 0) is 4.79 Å². The van der Waals surface area contributed by atoms with Gasteiger partial charge in [-0.25, -0.2) is 0 Å². The summed E-state index contributed by atoms with van der Waals surface area (Å²) in [4.78, 5) is 11.2. The zero-order valence-electron chi connectivity index (χ0n) is 8.87. The lowest BCUT2D eigenvalue weighted by Crippen LogP contribution is -2.29. The molecule has 86 valence electrons. The van der Waals surface area contributed by atoms with Crippen LogP contribution in [0.2, 0.25) is 5.02 Å². The first-order valence-electron chi connectivity index (χ1n) is 4.70. The Morgan fingerprint density at radius 1 is 1.59 bits per heavy atom. The molecule has 0 unspecified atom stereocenters. The maximum atomic E-state index is 11.2. The number of halogens is 1. The molecule has 1 aromatic rings. The first-order chi connectivity index (χ1) is 8.19. The molecule has 0 spiro atoms. The number of ether oxygens (including phenoxy) is 1. The van der Waals surface area contributed by atoms with Gasteiger partial charge in [0, 0.05) is 0 Å². The summed E-state index contributed by atoms with van der Waals surface area (Å²) in [5.74, 6) is 2.19. The normalized spacial score (nSPS) is 8.88. The van der Waals surface area contributed by atoms with Crippen LogP contribution >= 0.6 is 11.6 Å². The second-order valence-corrected chi connectivity index (χ2v) is 3.40. The third-order valence-corrected chi connectivity index (χ3v) is 2.15. The van der Waals surface area contributed by atoms with Crippen LogP contribution in [-0.4, -0.2) is 19.1 Å². The van der Waals surface area contributed by atoms with Gasteiger partial charge in [-0.1, -0.05) is 23.6 Å². The highest BCUT2D eigenvalue weighted by atomic mass is 35.5. The Hall–Kier alpha value is -2.17. The highest BCUT2D eigenvalue weighted by Crippen LogP contribution is 2.25. The summed E-state index contributed by atoms with van der Waals surface area (Å²) in [6, 6.07) is 6.69. The fourth-order valence-corrected chi connectivity index (χ4v) is 1.29. The molecular weight excluding hydrogens is 240 g/mol. The molecule has 1 aromatic carbocycles. The number of carbonyl (C=O) groups excluding carboxylic acids is 1. The van der Waals surface area contributed by atoms with Gasteiger partial charge in [-0.2, -0.15) is 5.26 Å². The summed E-state index contributed by atoms with van der Waals surface area (Å²) in [6.07, 6.45) is 4.98. The number of benzene rings is 1. The first kappa shape index (κ1) is 12.9. The van der Waals surface area contributed by atoms with Crippen molar-refractivity contribution in [3.63, 3.8) is 0 Å². The monoisotopic (exact) mass is 248 g/mol. The van der Waals surface area contributed by atoms with E-state index in [1.54, 1.807) is 18.2 Å². The van der Waals surface area contributed by atoms with E-state index in [0.29, 0.717) is 0 Å². The van der Waals surface area contributed by atoms with Gasteiger partial charge in [-0.15, -0.1) is 6.42 Å².